The number of benzene rings is 2. The summed E-state index contributed by atoms with van der Waals surface area (Å²) in [6.45, 7) is 2.08. The quantitative estimate of drug-likeness (QED) is 0.524. The molecule has 0 aliphatic rings. The van der Waals surface area contributed by atoms with Crippen LogP contribution in [0.15, 0.2) is 70.7 Å². The molecule has 2 heterocycles. The smallest absolute Gasteiger partial charge is 0.285 e. The van der Waals surface area contributed by atoms with E-state index in [9.17, 15) is 4.79 Å². The third-order valence-electron chi connectivity index (χ3n) is 4.07. The van der Waals surface area contributed by atoms with Gasteiger partial charge in [0.15, 0.2) is 10.8 Å². The van der Waals surface area contributed by atoms with Crippen LogP contribution in [0, 0.1) is 0 Å². The van der Waals surface area contributed by atoms with Crippen molar-refractivity contribution in [3.63, 3.8) is 0 Å². The number of nitrogens with one attached hydrogen (secondary N) is 1. The van der Waals surface area contributed by atoms with Crippen LogP contribution in [0.3, 0.4) is 0 Å². The van der Waals surface area contributed by atoms with Crippen LogP contribution in [0.2, 0.25) is 5.02 Å². The number of aromatic amines is 1. The number of halogens is 1. The Hall–Kier alpha value is -2.57. The molecule has 0 spiro atoms. The molecular formula is C19H15ClN4OS. The van der Waals surface area contributed by atoms with Crippen molar-refractivity contribution in [3.05, 3.63) is 81.9 Å². The zero-order valence-corrected chi connectivity index (χ0v) is 15.5. The number of hydrogen-bond acceptors (Lipinski definition) is 4. The van der Waals surface area contributed by atoms with Gasteiger partial charge in [-0.1, -0.05) is 65.8 Å². The van der Waals surface area contributed by atoms with E-state index in [0.717, 1.165) is 11.1 Å². The fourth-order valence-corrected chi connectivity index (χ4v) is 3.75. The fourth-order valence-electron chi connectivity index (χ4n) is 2.72. The van der Waals surface area contributed by atoms with E-state index < -0.39 is 0 Å². The number of hydrogen-bond donors (Lipinski definition) is 1. The van der Waals surface area contributed by atoms with Gasteiger partial charge < -0.3 is 0 Å². The Bertz CT molecular complexity index is 1110. The summed E-state index contributed by atoms with van der Waals surface area (Å²) >= 11 is 7.47. The molecule has 2 aromatic carbocycles. The summed E-state index contributed by atoms with van der Waals surface area (Å²) in [4.78, 5) is 19.8. The first-order valence-electron chi connectivity index (χ1n) is 8.07. The standard InChI is InChI=1S/C19H15ClN4OS/c1-12(13-5-3-2-4-6-13)26-18-22-17-16(11-21-24(17)19(25)23-18)14-7-9-15(20)10-8-14/h2-12H,1H3,(H,22,23,25). The summed E-state index contributed by atoms with van der Waals surface area (Å²) < 4.78 is 1.28. The normalized spacial score (nSPS) is 12.4. The highest BCUT2D eigenvalue weighted by atomic mass is 35.5. The molecule has 2 aromatic heterocycles. The Morgan fingerprint density at radius 3 is 2.58 bits per heavy atom. The molecule has 0 saturated heterocycles. The molecule has 0 aliphatic heterocycles. The van der Waals surface area contributed by atoms with Gasteiger partial charge in [-0.25, -0.2) is 9.78 Å². The van der Waals surface area contributed by atoms with E-state index in [1.165, 1.54) is 21.8 Å². The largest absolute Gasteiger partial charge is 0.350 e. The van der Waals surface area contributed by atoms with Crippen molar-refractivity contribution in [2.75, 3.05) is 0 Å². The van der Waals surface area contributed by atoms with Crippen LogP contribution in [-0.2, 0) is 0 Å². The molecule has 1 N–H and O–H groups in total. The number of nitrogens with zero attached hydrogens (tertiary/aromatic N) is 3. The van der Waals surface area contributed by atoms with Crippen LogP contribution in [0.25, 0.3) is 16.8 Å². The average Bonchev–Trinajstić information content (AvgIpc) is 3.07. The van der Waals surface area contributed by atoms with Gasteiger partial charge in [-0.15, -0.1) is 0 Å². The van der Waals surface area contributed by atoms with Crippen LogP contribution < -0.4 is 5.69 Å². The third-order valence-corrected chi connectivity index (χ3v) is 5.36. The first-order valence-corrected chi connectivity index (χ1v) is 9.33. The maximum atomic E-state index is 12.4. The molecular weight excluding hydrogens is 368 g/mol. The topological polar surface area (TPSA) is 63.1 Å². The van der Waals surface area contributed by atoms with Gasteiger partial charge in [-0.2, -0.15) is 9.61 Å². The molecule has 1 unspecified atom stereocenters. The second kappa shape index (κ2) is 6.97. The maximum Gasteiger partial charge on any atom is 0.350 e. The molecule has 1 atom stereocenters. The minimum atomic E-state index is -0.307. The van der Waals surface area contributed by atoms with E-state index in [1.54, 1.807) is 18.3 Å². The van der Waals surface area contributed by atoms with Crippen LogP contribution in [0.1, 0.15) is 17.7 Å². The van der Waals surface area contributed by atoms with Gasteiger partial charge in [0.2, 0.25) is 0 Å². The molecule has 130 valence electrons. The van der Waals surface area contributed by atoms with Crippen molar-refractivity contribution < 1.29 is 0 Å². The maximum absolute atomic E-state index is 12.4. The van der Waals surface area contributed by atoms with E-state index in [2.05, 4.69) is 34.1 Å². The lowest BCUT2D eigenvalue weighted by molar-refractivity contribution is 0.785. The summed E-state index contributed by atoms with van der Waals surface area (Å²) in [6.07, 6.45) is 1.65. The number of fused-ring (bicyclic) bond motifs is 1. The Kier molecular flexibility index (Phi) is 4.53. The Morgan fingerprint density at radius 2 is 1.85 bits per heavy atom. The van der Waals surface area contributed by atoms with Crippen molar-refractivity contribution in [2.45, 2.75) is 17.3 Å². The minimum Gasteiger partial charge on any atom is -0.285 e. The Labute approximate surface area is 159 Å². The van der Waals surface area contributed by atoms with Gasteiger partial charge in [0.05, 0.1) is 6.20 Å². The second-order valence-electron chi connectivity index (χ2n) is 5.82. The van der Waals surface area contributed by atoms with Gasteiger partial charge in [-0.05, 0) is 30.2 Å². The molecule has 0 bridgehead atoms. The van der Waals surface area contributed by atoms with E-state index in [0.29, 0.717) is 15.8 Å². The lowest BCUT2D eigenvalue weighted by Crippen LogP contribution is -2.19. The molecule has 5 nitrogen and oxygen atoms in total. The summed E-state index contributed by atoms with van der Waals surface area (Å²) in [5.41, 5.74) is 3.10. The molecule has 4 aromatic rings. The molecule has 0 saturated carbocycles. The average molecular weight is 383 g/mol. The Morgan fingerprint density at radius 1 is 1.12 bits per heavy atom. The van der Waals surface area contributed by atoms with Crippen LogP contribution in [-0.4, -0.2) is 19.6 Å². The SMILES string of the molecule is CC(Sc1nc2c(-c3ccc(Cl)cc3)cnn2c(=O)[nH]1)c1ccccc1. The lowest BCUT2D eigenvalue weighted by Gasteiger charge is -2.10. The van der Waals surface area contributed by atoms with Crippen molar-refractivity contribution >= 4 is 29.0 Å². The summed E-state index contributed by atoms with van der Waals surface area (Å²) in [5.74, 6) is 0. The third kappa shape index (κ3) is 3.25. The van der Waals surface area contributed by atoms with E-state index >= 15 is 0 Å². The van der Waals surface area contributed by atoms with Crippen LogP contribution >= 0.6 is 23.4 Å². The molecule has 0 fully saturated rings. The highest BCUT2D eigenvalue weighted by molar-refractivity contribution is 7.99. The number of rotatable bonds is 4. The monoisotopic (exact) mass is 382 g/mol. The van der Waals surface area contributed by atoms with E-state index in [4.69, 9.17) is 11.6 Å². The molecule has 0 amide bonds. The molecule has 0 radical (unpaired) electrons. The van der Waals surface area contributed by atoms with Crippen molar-refractivity contribution in [1.29, 1.82) is 0 Å². The van der Waals surface area contributed by atoms with Gasteiger partial charge in [-0.3, -0.25) is 4.98 Å². The van der Waals surface area contributed by atoms with E-state index in [-0.39, 0.29) is 10.9 Å². The summed E-state index contributed by atoms with van der Waals surface area (Å²) in [7, 11) is 0. The summed E-state index contributed by atoms with van der Waals surface area (Å²) in [6, 6.07) is 17.5. The zero-order chi connectivity index (χ0) is 18.1. The number of H-pyrrole nitrogens is 1. The first-order chi connectivity index (χ1) is 12.6. The molecule has 0 aliphatic carbocycles. The molecule has 7 heteroatoms. The Balaban J connectivity index is 1.74. The van der Waals surface area contributed by atoms with Crippen molar-refractivity contribution in [2.24, 2.45) is 0 Å². The van der Waals surface area contributed by atoms with Gasteiger partial charge in [0, 0.05) is 15.8 Å². The molecule has 4 rings (SSSR count). The van der Waals surface area contributed by atoms with Crippen molar-refractivity contribution in [1.82, 2.24) is 19.6 Å². The lowest BCUT2D eigenvalue weighted by atomic mass is 10.1. The predicted octanol–water partition coefficient (Wildman–Crippen LogP) is 4.59. The second-order valence-corrected chi connectivity index (χ2v) is 7.58. The highest BCUT2D eigenvalue weighted by Crippen LogP contribution is 2.33. The number of thioether (sulfide) groups is 1. The fraction of sp³-hybridized carbons (Fsp3) is 0.105. The van der Waals surface area contributed by atoms with E-state index in [1.807, 2.05) is 30.3 Å². The van der Waals surface area contributed by atoms with Crippen molar-refractivity contribution in [3.8, 4) is 11.1 Å². The minimum absolute atomic E-state index is 0.156. The number of aromatic nitrogens is 4. The van der Waals surface area contributed by atoms with Crippen LogP contribution in [0.5, 0.6) is 0 Å². The summed E-state index contributed by atoms with van der Waals surface area (Å²) in [5, 5.41) is 5.54. The van der Waals surface area contributed by atoms with Gasteiger partial charge >= 0.3 is 5.69 Å². The van der Waals surface area contributed by atoms with Gasteiger partial charge in [0.1, 0.15) is 0 Å². The predicted molar refractivity (Wildman–Crippen MR) is 105 cm³/mol. The molecule has 26 heavy (non-hydrogen) atoms. The first kappa shape index (κ1) is 16.9. The zero-order valence-electron chi connectivity index (χ0n) is 13.9. The van der Waals surface area contributed by atoms with Crippen LogP contribution in [0.4, 0.5) is 0 Å². The highest BCUT2D eigenvalue weighted by Gasteiger charge is 2.14. The van der Waals surface area contributed by atoms with Gasteiger partial charge in [0.25, 0.3) is 0 Å².